The number of carbonyl (C=O) groups excluding carboxylic acids is 1. The summed E-state index contributed by atoms with van der Waals surface area (Å²) < 4.78 is 32.6. The van der Waals surface area contributed by atoms with Crippen molar-refractivity contribution in [2.75, 3.05) is 20.2 Å². The van der Waals surface area contributed by atoms with Crippen molar-refractivity contribution in [1.29, 1.82) is 0 Å². The first-order chi connectivity index (χ1) is 14.1. The summed E-state index contributed by atoms with van der Waals surface area (Å²) in [6, 6.07) is 8.42. The Hall–Kier alpha value is -2.38. The van der Waals surface area contributed by atoms with Gasteiger partial charge in [0.15, 0.2) is 0 Å². The maximum absolute atomic E-state index is 13.1. The highest BCUT2D eigenvalue weighted by molar-refractivity contribution is 7.89. The van der Waals surface area contributed by atoms with Gasteiger partial charge in [0.1, 0.15) is 5.75 Å². The van der Waals surface area contributed by atoms with E-state index in [0.717, 1.165) is 29.5 Å². The third-order valence-corrected chi connectivity index (χ3v) is 7.71. The minimum Gasteiger partial charge on any atom is -0.496 e. The first kappa shape index (κ1) is 22.3. The third kappa shape index (κ3) is 4.37. The largest absolute Gasteiger partial charge is 0.496 e. The molecular weight excluding hydrogens is 400 g/mol. The number of aryl methyl sites for hydroxylation is 3. The lowest BCUT2D eigenvalue weighted by Crippen LogP contribution is -2.30. The van der Waals surface area contributed by atoms with Crippen LogP contribution in [-0.2, 0) is 10.0 Å². The highest BCUT2D eigenvalue weighted by Crippen LogP contribution is 2.28. The fourth-order valence-corrected chi connectivity index (χ4v) is 5.45. The van der Waals surface area contributed by atoms with E-state index in [2.05, 4.69) is 24.4 Å². The van der Waals surface area contributed by atoms with Gasteiger partial charge in [-0.15, -0.1) is 0 Å². The Balaban J connectivity index is 1.90. The fraction of sp³-hybridized carbons (Fsp3) is 0.435. The lowest BCUT2D eigenvalue weighted by Gasteiger charge is -2.20. The number of hydrogen-bond donors (Lipinski definition) is 1. The SMILES string of the molecule is COc1ccc(S(=O)(=O)N2CCCC2)cc1C(=O)N[C@@H](C)c1cc(C)c(C)cc1C. The highest BCUT2D eigenvalue weighted by Gasteiger charge is 2.29. The Morgan fingerprint density at radius 3 is 2.30 bits per heavy atom. The van der Waals surface area contributed by atoms with Crippen LogP contribution in [0.25, 0.3) is 0 Å². The molecule has 1 heterocycles. The predicted molar refractivity (Wildman–Crippen MR) is 118 cm³/mol. The van der Waals surface area contributed by atoms with Gasteiger partial charge in [0.05, 0.1) is 23.6 Å². The molecule has 7 heteroatoms. The van der Waals surface area contributed by atoms with Crippen LogP contribution in [0.2, 0.25) is 0 Å². The van der Waals surface area contributed by atoms with Crippen molar-refractivity contribution >= 4 is 15.9 Å². The Kier molecular flexibility index (Phi) is 6.53. The van der Waals surface area contributed by atoms with E-state index in [-0.39, 0.29) is 22.4 Å². The Labute approximate surface area is 179 Å². The molecular formula is C23H30N2O4S. The summed E-state index contributed by atoms with van der Waals surface area (Å²) in [5.41, 5.74) is 4.71. The van der Waals surface area contributed by atoms with Crippen molar-refractivity contribution in [2.45, 2.75) is 51.5 Å². The summed E-state index contributed by atoms with van der Waals surface area (Å²) in [7, 11) is -2.15. The zero-order valence-electron chi connectivity index (χ0n) is 18.3. The van der Waals surface area contributed by atoms with Gasteiger partial charge in [0.2, 0.25) is 10.0 Å². The zero-order chi connectivity index (χ0) is 22.1. The Morgan fingerprint density at radius 1 is 1.03 bits per heavy atom. The van der Waals surface area contributed by atoms with Crippen molar-refractivity contribution in [2.24, 2.45) is 0 Å². The van der Waals surface area contributed by atoms with Crippen LogP contribution >= 0.6 is 0 Å². The van der Waals surface area contributed by atoms with E-state index in [1.165, 1.54) is 29.1 Å². The van der Waals surface area contributed by atoms with E-state index in [1.807, 2.05) is 20.8 Å². The number of methoxy groups -OCH3 is 1. The first-order valence-electron chi connectivity index (χ1n) is 10.2. The van der Waals surface area contributed by atoms with E-state index in [1.54, 1.807) is 6.07 Å². The van der Waals surface area contributed by atoms with Crippen LogP contribution in [0.5, 0.6) is 5.75 Å². The molecule has 0 unspecified atom stereocenters. The molecule has 6 nitrogen and oxygen atoms in total. The normalized spacial score (nSPS) is 15.8. The number of carbonyl (C=O) groups is 1. The molecule has 1 aliphatic heterocycles. The standard InChI is InChI=1S/C23H30N2O4S/c1-15-12-17(3)20(13-16(15)2)18(4)24-23(26)21-14-19(8-9-22(21)29-5)30(27,28)25-10-6-7-11-25/h8-9,12-14,18H,6-7,10-11H2,1-5H3,(H,24,26)/t18-/m0/s1. The average Bonchev–Trinajstić information content (AvgIpc) is 3.25. The molecule has 1 amide bonds. The topological polar surface area (TPSA) is 75.7 Å². The fourth-order valence-electron chi connectivity index (χ4n) is 3.90. The van der Waals surface area contributed by atoms with E-state index < -0.39 is 10.0 Å². The van der Waals surface area contributed by atoms with E-state index >= 15 is 0 Å². The molecule has 0 spiro atoms. The molecule has 1 fully saturated rings. The van der Waals surface area contributed by atoms with E-state index in [9.17, 15) is 13.2 Å². The Bertz CT molecular complexity index is 1060. The minimum atomic E-state index is -3.62. The van der Waals surface area contributed by atoms with E-state index in [0.29, 0.717) is 18.8 Å². The van der Waals surface area contributed by atoms with Crippen LogP contribution < -0.4 is 10.1 Å². The minimum absolute atomic E-state index is 0.116. The first-order valence-corrected chi connectivity index (χ1v) is 11.7. The molecule has 3 rings (SSSR count). The molecule has 30 heavy (non-hydrogen) atoms. The van der Waals surface area contributed by atoms with Crippen molar-refractivity contribution in [3.8, 4) is 5.75 Å². The van der Waals surface area contributed by atoms with Gasteiger partial charge in [-0.05, 0) is 81.0 Å². The number of nitrogens with zero attached hydrogens (tertiary/aromatic N) is 1. The molecule has 2 aromatic carbocycles. The maximum Gasteiger partial charge on any atom is 0.255 e. The van der Waals surface area contributed by atoms with Crippen molar-refractivity contribution in [3.63, 3.8) is 0 Å². The maximum atomic E-state index is 13.1. The van der Waals surface area contributed by atoms with Gasteiger partial charge in [0, 0.05) is 13.1 Å². The zero-order valence-corrected chi connectivity index (χ0v) is 19.1. The summed E-state index contributed by atoms with van der Waals surface area (Å²) in [4.78, 5) is 13.2. The van der Waals surface area contributed by atoms with Crippen LogP contribution in [-0.4, -0.2) is 38.8 Å². The number of ether oxygens (including phenoxy) is 1. The third-order valence-electron chi connectivity index (χ3n) is 5.81. The smallest absolute Gasteiger partial charge is 0.255 e. The van der Waals surface area contributed by atoms with Crippen LogP contribution in [0, 0.1) is 20.8 Å². The Morgan fingerprint density at radius 2 is 1.67 bits per heavy atom. The number of hydrogen-bond acceptors (Lipinski definition) is 4. The number of rotatable bonds is 6. The summed E-state index contributed by atoms with van der Waals surface area (Å²) in [6.07, 6.45) is 1.71. The molecule has 0 aromatic heterocycles. The molecule has 0 saturated carbocycles. The van der Waals surface area contributed by atoms with Gasteiger partial charge in [0.25, 0.3) is 5.91 Å². The second-order valence-electron chi connectivity index (χ2n) is 7.96. The number of nitrogens with one attached hydrogen (secondary N) is 1. The van der Waals surface area contributed by atoms with Gasteiger partial charge in [-0.3, -0.25) is 4.79 Å². The lowest BCUT2D eigenvalue weighted by atomic mass is 9.96. The van der Waals surface area contributed by atoms with Crippen molar-refractivity contribution in [1.82, 2.24) is 9.62 Å². The van der Waals surface area contributed by atoms with Crippen LogP contribution in [0.1, 0.15) is 58.4 Å². The highest BCUT2D eigenvalue weighted by atomic mass is 32.2. The van der Waals surface area contributed by atoms with Gasteiger partial charge < -0.3 is 10.1 Å². The lowest BCUT2D eigenvalue weighted by molar-refractivity contribution is 0.0936. The molecule has 162 valence electrons. The quantitative estimate of drug-likeness (QED) is 0.754. The van der Waals surface area contributed by atoms with Crippen LogP contribution in [0.4, 0.5) is 0 Å². The van der Waals surface area contributed by atoms with Crippen molar-refractivity contribution in [3.05, 3.63) is 58.1 Å². The van der Waals surface area contributed by atoms with Gasteiger partial charge in [-0.2, -0.15) is 4.31 Å². The van der Waals surface area contributed by atoms with Crippen molar-refractivity contribution < 1.29 is 17.9 Å². The predicted octanol–water partition coefficient (Wildman–Crippen LogP) is 3.90. The second-order valence-corrected chi connectivity index (χ2v) is 9.90. The summed E-state index contributed by atoms with van der Waals surface area (Å²) in [6.45, 7) is 9.08. The number of sulfonamides is 1. The molecule has 1 saturated heterocycles. The number of amides is 1. The van der Waals surface area contributed by atoms with Crippen LogP contribution in [0.3, 0.4) is 0 Å². The molecule has 0 bridgehead atoms. The van der Waals surface area contributed by atoms with Gasteiger partial charge in [-0.25, -0.2) is 8.42 Å². The van der Waals surface area contributed by atoms with Crippen LogP contribution in [0.15, 0.2) is 35.2 Å². The molecule has 1 atom stereocenters. The second kappa shape index (κ2) is 8.78. The van der Waals surface area contributed by atoms with Gasteiger partial charge >= 0.3 is 0 Å². The van der Waals surface area contributed by atoms with Gasteiger partial charge in [-0.1, -0.05) is 12.1 Å². The number of benzene rings is 2. The summed E-state index contributed by atoms with van der Waals surface area (Å²) in [5.74, 6) is -0.0210. The summed E-state index contributed by atoms with van der Waals surface area (Å²) >= 11 is 0. The average molecular weight is 431 g/mol. The summed E-state index contributed by atoms with van der Waals surface area (Å²) in [5, 5.41) is 3.00. The van der Waals surface area contributed by atoms with E-state index in [4.69, 9.17) is 4.74 Å². The molecule has 2 aromatic rings. The molecule has 0 radical (unpaired) electrons. The monoisotopic (exact) mass is 430 g/mol. The molecule has 0 aliphatic carbocycles. The molecule has 1 N–H and O–H groups in total. The molecule has 1 aliphatic rings.